The molecule has 2 aliphatic rings. The third-order valence-corrected chi connectivity index (χ3v) is 7.32. The summed E-state index contributed by atoms with van der Waals surface area (Å²) in [5.41, 5.74) is 2.65. The molecule has 0 saturated carbocycles. The number of hydrogen-bond donors (Lipinski definition) is 0. The highest BCUT2D eigenvalue weighted by Gasteiger charge is 2.34. The summed E-state index contributed by atoms with van der Waals surface area (Å²) in [7, 11) is 3.37. The molecule has 0 bridgehead atoms. The van der Waals surface area contributed by atoms with E-state index in [0.717, 1.165) is 55.3 Å². The van der Waals surface area contributed by atoms with Crippen molar-refractivity contribution in [1.82, 2.24) is 9.80 Å². The van der Waals surface area contributed by atoms with Gasteiger partial charge in [-0.15, -0.1) is 11.3 Å². The third-order valence-electron chi connectivity index (χ3n) is 6.34. The normalized spacial score (nSPS) is 22.3. The zero-order chi connectivity index (χ0) is 20.5. The number of carbonyl (C=O) groups excluding carboxylic acids is 1. The second kappa shape index (κ2) is 8.36. The lowest BCUT2D eigenvalue weighted by atomic mass is 9.90. The Kier molecular flexibility index (Phi) is 5.83. The molecule has 0 N–H and O–H groups in total. The number of likely N-dealkylation sites (tertiary alicyclic amines) is 1. The van der Waals surface area contributed by atoms with Crippen LogP contribution in [-0.4, -0.2) is 55.6 Å². The van der Waals surface area contributed by atoms with Crippen molar-refractivity contribution in [1.29, 1.82) is 0 Å². The lowest BCUT2D eigenvalue weighted by molar-refractivity contribution is 0.0469. The van der Waals surface area contributed by atoms with E-state index in [-0.39, 0.29) is 5.91 Å². The molecule has 29 heavy (non-hydrogen) atoms. The molecule has 1 saturated heterocycles. The summed E-state index contributed by atoms with van der Waals surface area (Å²) in [5, 5.41) is 0. The maximum absolute atomic E-state index is 13.0. The van der Waals surface area contributed by atoms with Gasteiger partial charge in [-0.05, 0) is 68.5 Å². The molecule has 1 aromatic heterocycles. The van der Waals surface area contributed by atoms with Gasteiger partial charge >= 0.3 is 0 Å². The maximum atomic E-state index is 13.0. The van der Waals surface area contributed by atoms with Crippen LogP contribution < -0.4 is 9.47 Å². The third kappa shape index (κ3) is 3.88. The molecule has 0 radical (unpaired) electrons. The van der Waals surface area contributed by atoms with Crippen molar-refractivity contribution >= 4 is 17.2 Å². The van der Waals surface area contributed by atoms with Gasteiger partial charge in [-0.1, -0.05) is 0 Å². The highest BCUT2D eigenvalue weighted by atomic mass is 32.1. The minimum absolute atomic E-state index is 0.185. The number of nitrogens with zero attached hydrogens (tertiary/aromatic N) is 2. The lowest BCUT2D eigenvalue weighted by Gasteiger charge is -2.45. The first kappa shape index (κ1) is 20.2. The molecule has 4 rings (SSSR count). The van der Waals surface area contributed by atoms with Crippen LogP contribution in [-0.2, 0) is 6.42 Å². The first-order valence-electron chi connectivity index (χ1n) is 10.4. The summed E-state index contributed by atoms with van der Waals surface area (Å²) < 4.78 is 11.0. The molecule has 2 aromatic rings. The lowest BCUT2D eigenvalue weighted by Crippen LogP contribution is -2.52. The Labute approximate surface area is 177 Å². The number of thiophene rings is 1. The molecule has 156 valence electrons. The van der Waals surface area contributed by atoms with Gasteiger partial charge in [0.15, 0.2) is 11.5 Å². The van der Waals surface area contributed by atoms with Gasteiger partial charge in [-0.25, -0.2) is 0 Å². The van der Waals surface area contributed by atoms with E-state index >= 15 is 0 Å². The van der Waals surface area contributed by atoms with E-state index in [1.54, 1.807) is 25.6 Å². The van der Waals surface area contributed by atoms with Crippen LogP contribution in [0.25, 0.3) is 0 Å². The van der Waals surface area contributed by atoms with E-state index in [2.05, 4.69) is 35.8 Å². The van der Waals surface area contributed by atoms with Crippen molar-refractivity contribution in [3.8, 4) is 11.5 Å². The summed E-state index contributed by atoms with van der Waals surface area (Å²) in [6, 6.07) is 8.94. The zero-order valence-corrected chi connectivity index (χ0v) is 18.6. The summed E-state index contributed by atoms with van der Waals surface area (Å²) in [5.74, 6) is 1.77. The van der Waals surface area contributed by atoms with Gasteiger partial charge in [-0.2, -0.15) is 0 Å². The Morgan fingerprint density at radius 2 is 1.90 bits per heavy atom. The Balaban J connectivity index is 1.52. The Morgan fingerprint density at radius 3 is 2.59 bits per heavy atom. The molecule has 1 fully saturated rings. The molecule has 2 atom stereocenters. The maximum Gasteiger partial charge on any atom is 0.263 e. The molecular formula is C23H30N2O3S. The van der Waals surface area contributed by atoms with Crippen molar-refractivity contribution in [3.05, 3.63) is 45.1 Å². The number of amides is 1. The monoisotopic (exact) mass is 414 g/mol. The molecule has 5 nitrogen and oxygen atoms in total. The molecule has 0 spiro atoms. The first-order chi connectivity index (χ1) is 14.0. The van der Waals surface area contributed by atoms with Crippen LogP contribution in [0.1, 0.15) is 51.5 Å². The highest BCUT2D eigenvalue weighted by molar-refractivity contribution is 7.13. The number of rotatable bonds is 4. The molecule has 6 heteroatoms. The molecule has 2 aliphatic heterocycles. The van der Waals surface area contributed by atoms with E-state index in [0.29, 0.717) is 12.1 Å². The van der Waals surface area contributed by atoms with E-state index in [4.69, 9.17) is 9.47 Å². The number of ether oxygens (including phenoxy) is 2. The fourth-order valence-electron chi connectivity index (χ4n) is 4.78. The summed E-state index contributed by atoms with van der Waals surface area (Å²) in [6.45, 7) is 7.00. The van der Waals surface area contributed by atoms with Crippen LogP contribution in [0.4, 0.5) is 0 Å². The number of aryl methyl sites for hydroxylation is 1. The zero-order valence-electron chi connectivity index (χ0n) is 17.7. The predicted molar refractivity (Wildman–Crippen MR) is 116 cm³/mol. The number of hydrogen-bond acceptors (Lipinski definition) is 5. The SMILES string of the molecule is COc1cc2c(cc1OC)C(C)N(C1CCCN(C(=O)c3ccc(C)s3)C1)CC2. The van der Waals surface area contributed by atoms with E-state index in [9.17, 15) is 4.79 Å². The van der Waals surface area contributed by atoms with Crippen LogP contribution in [0.2, 0.25) is 0 Å². The van der Waals surface area contributed by atoms with Crippen molar-refractivity contribution in [2.75, 3.05) is 33.9 Å². The highest BCUT2D eigenvalue weighted by Crippen LogP contribution is 2.39. The molecule has 3 heterocycles. The van der Waals surface area contributed by atoms with E-state index in [1.165, 1.54) is 16.0 Å². The van der Waals surface area contributed by atoms with Gasteiger partial charge in [0.2, 0.25) is 0 Å². The fraction of sp³-hybridized carbons (Fsp3) is 0.522. The minimum atomic E-state index is 0.185. The van der Waals surface area contributed by atoms with Crippen LogP contribution in [0.5, 0.6) is 11.5 Å². The van der Waals surface area contributed by atoms with Gasteiger partial charge < -0.3 is 14.4 Å². The van der Waals surface area contributed by atoms with Gasteiger partial charge in [0.25, 0.3) is 5.91 Å². The van der Waals surface area contributed by atoms with Gasteiger partial charge in [0, 0.05) is 36.6 Å². The summed E-state index contributed by atoms with van der Waals surface area (Å²) in [4.78, 5) is 19.6. The quantitative estimate of drug-likeness (QED) is 0.748. The predicted octanol–water partition coefficient (Wildman–Crippen LogP) is 4.30. The minimum Gasteiger partial charge on any atom is -0.493 e. The molecule has 1 aromatic carbocycles. The topological polar surface area (TPSA) is 42.0 Å². The van der Waals surface area contributed by atoms with Crippen LogP contribution in [0, 0.1) is 6.92 Å². The van der Waals surface area contributed by atoms with Gasteiger partial charge in [0.1, 0.15) is 0 Å². The van der Waals surface area contributed by atoms with Crippen LogP contribution >= 0.6 is 11.3 Å². The number of piperidine rings is 1. The number of fused-ring (bicyclic) bond motifs is 1. The Morgan fingerprint density at radius 1 is 1.14 bits per heavy atom. The second-order valence-corrected chi connectivity index (χ2v) is 9.32. The molecular weight excluding hydrogens is 384 g/mol. The number of carbonyl (C=O) groups is 1. The Bertz CT molecular complexity index is 894. The number of benzene rings is 1. The summed E-state index contributed by atoms with van der Waals surface area (Å²) in [6.07, 6.45) is 3.19. The average Bonchev–Trinajstić information content (AvgIpc) is 3.19. The molecule has 2 unspecified atom stereocenters. The molecule has 0 aliphatic carbocycles. The first-order valence-corrected chi connectivity index (χ1v) is 11.2. The summed E-state index contributed by atoms with van der Waals surface area (Å²) >= 11 is 1.59. The largest absolute Gasteiger partial charge is 0.493 e. The fourth-order valence-corrected chi connectivity index (χ4v) is 5.61. The molecule has 1 amide bonds. The standard InChI is InChI=1S/C23H30N2O3S/c1-15-7-8-22(29-15)23(26)24-10-5-6-18(14-24)25-11-9-17-12-20(27-3)21(28-4)13-19(17)16(25)2/h7-8,12-13,16,18H,5-6,9-11,14H2,1-4H3. The van der Waals surface area contributed by atoms with Crippen molar-refractivity contribution in [2.45, 2.75) is 45.2 Å². The van der Waals surface area contributed by atoms with E-state index in [1.807, 2.05) is 12.1 Å². The second-order valence-electron chi connectivity index (χ2n) is 8.03. The average molecular weight is 415 g/mol. The van der Waals surface area contributed by atoms with Gasteiger partial charge in [-0.3, -0.25) is 9.69 Å². The van der Waals surface area contributed by atoms with Gasteiger partial charge in [0.05, 0.1) is 19.1 Å². The van der Waals surface area contributed by atoms with Crippen molar-refractivity contribution in [2.24, 2.45) is 0 Å². The van der Waals surface area contributed by atoms with Crippen molar-refractivity contribution in [3.63, 3.8) is 0 Å². The van der Waals surface area contributed by atoms with Crippen molar-refractivity contribution < 1.29 is 14.3 Å². The smallest absolute Gasteiger partial charge is 0.263 e. The van der Waals surface area contributed by atoms with Crippen LogP contribution in [0.3, 0.4) is 0 Å². The van der Waals surface area contributed by atoms with E-state index < -0.39 is 0 Å². The van der Waals surface area contributed by atoms with Crippen LogP contribution in [0.15, 0.2) is 24.3 Å². The number of methoxy groups -OCH3 is 2. The Hall–Kier alpha value is -2.05.